The summed E-state index contributed by atoms with van der Waals surface area (Å²) in [6, 6.07) is 5.40. The van der Waals surface area contributed by atoms with E-state index in [1.165, 1.54) is 0 Å². The fraction of sp³-hybridized carbons (Fsp3) is 0.111. The van der Waals surface area contributed by atoms with Crippen molar-refractivity contribution < 1.29 is 0 Å². The molecule has 0 aliphatic carbocycles. The summed E-state index contributed by atoms with van der Waals surface area (Å²) in [4.78, 5) is 0. The third-order valence-electron chi connectivity index (χ3n) is 1.53. The first-order valence-corrected chi connectivity index (χ1v) is 3.33. The first kappa shape index (κ1) is 7.64. The van der Waals surface area contributed by atoms with Gasteiger partial charge in [-0.1, -0.05) is 5.92 Å². The molecule has 1 aromatic carbocycles. The predicted octanol–water partition coefficient (Wildman–Crippen LogP) is 0.709. The number of nitrogen functional groups attached to an aromatic ring is 1. The summed E-state index contributed by atoms with van der Waals surface area (Å²) in [6.45, 7) is 0.432. The van der Waals surface area contributed by atoms with Crippen molar-refractivity contribution in [2.45, 2.75) is 6.54 Å². The van der Waals surface area contributed by atoms with Gasteiger partial charge in [0.25, 0.3) is 0 Å². The second-order valence-electron chi connectivity index (χ2n) is 2.26. The highest BCUT2D eigenvalue weighted by Crippen LogP contribution is 2.12. The maximum atomic E-state index is 5.61. The molecule has 2 heteroatoms. The Morgan fingerprint density at radius 2 is 2.18 bits per heavy atom. The van der Waals surface area contributed by atoms with Crippen molar-refractivity contribution in [3.05, 3.63) is 29.3 Å². The quantitative estimate of drug-likeness (QED) is 0.453. The van der Waals surface area contributed by atoms with E-state index >= 15 is 0 Å². The first-order valence-electron chi connectivity index (χ1n) is 3.33. The fourth-order valence-electron chi connectivity index (χ4n) is 0.872. The largest absolute Gasteiger partial charge is 0.398 e. The van der Waals surface area contributed by atoms with Crippen LogP contribution in [0.5, 0.6) is 0 Å². The van der Waals surface area contributed by atoms with Crippen LogP contribution in [-0.4, -0.2) is 0 Å². The van der Waals surface area contributed by atoms with Gasteiger partial charge in [0.2, 0.25) is 0 Å². The highest BCUT2D eigenvalue weighted by molar-refractivity contribution is 5.51. The lowest BCUT2D eigenvalue weighted by atomic mass is 10.1. The molecule has 0 spiro atoms. The molecule has 0 aliphatic rings. The maximum absolute atomic E-state index is 5.61. The van der Waals surface area contributed by atoms with Crippen molar-refractivity contribution in [1.29, 1.82) is 0 Å². The molecule has 1 rings (SSSR count). The number of benzene rings is 1. The Morgan fingerprint density at radius 3 is 2.73 bits per heavy atom. The molecule has 0 atom stereocenters. The SMILES string of the molecule is C#Cc1ccc(N)c(CN)c1. The lowest BCUT2D eigenvalue weighted by Crippen LogP contribution is -2.01. The van der Waals surface area contributed by atoms with E-state index < -0.39 is 0 Å². The number of rotatable bonds is 1. The molecule has 56 valence electrons. The zero-order chi connectivity index (χ0) is 8.27. The lowest BCUT2D eigenvalue weighted by Gasteiger charge is -2.01. The molecule has 0 radical (unpaired) electrons. The van der Waals surface area contributed by atoms with Crippen LogP contribution in [0.3, 0.4) is 0 Å². The Labute approximate surface area is 66.2 Å². The maximum Gasteiger partial charge on any atom is 0.0360 e. The number of terminal acetylenes is 1. The monoisotopic (exact) mass is 146 g/mol. The molecule has 0 heterocycles. The minimum atomic E-state index is 0.432. The van der Waals surface area contributed by atoms with E-state index in [1.807, 2.05) is 6.07 Å². The number of nitrogens with two attached hydrogens (primary N) is 2. The summed E-state index contributed by atoms with van der Waals surface area (Å²) >= 11 is 0. The summed E-state index contributed by atoms with van der Waals surface area (Å²) in [5.41, 5.74) is 13.5. The van der Waals surface area contributed by atoms with Crippen LogP contribution in [0.1, 0.15) is 11.1 Å². The fourth-order valence-corrected chi connectivity index (χ4v) is 0.872. The lowest BCUT2D eigenvalue weighted by molar-refractivity contribution is 1.07. The molecular formula is C9H10N2. The Hall–Kier alpha value is -1.46. The standard InChI is InChI=1S/C9H10N2/c1-2-7-3-4-9(11)8(5-7)6-10/h1,3-5H,6,10-11H2. The van der Waals surface area contributed by atoms with E-state index in [0.29, 0.717) is 12.2 Å². The zero-order valence-electron chi connectivity index (χ0n) is 6.17. The topological polar surface area (TPSA) is 52.0 Å². The Balaban J connectivity index is 3.15. The van der Waals surface area contributed by atoms with Crippen LogP contribution in [0, 0.1) is 12.3 Å². The molecule has 4 N–H and O–H groups in total. The molecule has 0 saturated heterocycles. The van der Waals surface area contributed by atoms with E-state index in [0.717, 1.165) is 11.1 Å². The molecule has 0 bridgehead atoms. The second kappa shape index (κ2) is 3.09. The minimum Gasteiger partial charge on any atom is -0.398 e. The van der Waals surface area contributed by atoms with Gasteiger partial charge in [0, 0.05) is 17.8 Å². The van der Waals surface area contributed by atoms with Gasteiger partial charge in [0.1, 0.15) is 0 Å². The van der Waals surface area contributed by atoms with Gasteiger partial charge in [0.05, 0.1) is 0 Å². The van der Waals surface area contributed by atoms with Crippen LogP contribution in [0.25, 0.3) is 0 Å². The normalized spacial score (nSPS) is 9.09. The van der Waals surface area contributed by atoms with Gasteiger partial charge >= 0.3 is 0 Å². The van der Waals surface area contributed by atoms with Gasteiger partial charge in [-0.3, -0.25) is 0 Å². The molecule has 0 amide bonds. The van der Waals surface area contributed by atoms with Crippen LogP contribution in [0.15, 0.2) is 18.2 Å². The van der Waals surface area contributed by atoms with E-state index in [1.54, 1.807) is 12.1 Å². The summed E-state index contributed by atoms with van der Waals surface area (Å²) in [7, 11) is 0. The second-order valence-corrected chi connectivity index (χ2v) is 2.26. The molecule has 0 fully saturated rings. The van der Waals surface area contributed by atoms with Crippen molar-refractivity contribution >= 4 is 5.69 Å². The number of anilines is 1. The average Bonchev–Trinajstić information content (AvgIpc) is 2.05. The Morgan fingerprint density at radius 1 is 1.45 bits per heavy atom. The minimum absolute atomic E-state index is 0.432. The van der Waals surface area contributed by atoms with Crippen molar-refractivity contribution in [3.8, 4) is 12.3 Å². The van der Waals surface area contributed by atoms with E-state index in [4.69, 9.17) is 17.9 Å². The summed E-state index contributed by atoms with van der Waals surface area (Å²) in [6.07, 6.45) is 5.19. The van der Waals surface area contributed by atoms with Crippen molar-refractivity contribution in [2.24, 2.45) is 5.73 Å². The molecule has 0 aromatic heterocycles. The zero-order valence-corrected chi connectivity index (χ0v) is 6.17. The molecule has 0 unspecified atom stereocenters. The molecule has 0 aliphatic heterocycles. The van der Waals surface area contributed by atoms with Crippen LogP contribution in [0.4, 0.5) is 5.69 Å². The molecular weight excluding hydrogens is 136 g/mol. The van der Waals surface area contributed by atoms with Crippen LogP contribution >= 0.6 is 0 Å². The van der Waals surface area contributed by atoms with Crippen LogP contribution < -0.4 is 11.5 Å². The summed E-state index contributed by atoms with van der Waals surface area (Å²) in [5.74, 6) is 2.52. The highest BCUT2D eigenvalue weighted by Gasteiger charge is 1.96. The smallest absolute Gasteiger partial charge is 0.0360 e. The highest BCUT2D eigenvalue weighted by atomic mass is 14.6. The predicted molar refractivity (Wildman–Crippen MR) is 46.7 cm³/mol. The summed E-state index contributed by atoms with van der Waals surface area (Å²) < 4.78 is 0. The number of hydrogen-bond donors (Lipinski definition) is 2. The number of hydrogen-bond acceptors (Lipinski definition) is 2. The Kier molecular flexibility index (Phi) is 2.15. The van der Waals surface area contributed by atoms with Gasteiger partial charge in [-0.2, -0.15) is 0 Å². The third-order valence-corrected chi connectivity index (χ3v) is 1.53. The Bertz CT molecular complexity index is 297. The van der Waals surface area contributed by atoms with Gasteiger partial charge in [-0.05, 0) is 23.8 Å². The van der Waals surface area contributed by atoms with Crippen molar-refractivity contribution in [1.82, 2.24) is 0 Å². The molecule has 2 nitrogen and oxygen atoms in total. The van der Waals surface area contributed by atoms with Gasteiger partial charge in [-0.15, -0.1) is 6.42 Å². The van der Waals surface area contributed by atoms with Gasteiger partial charge < -0.3 is 11.5 Å². The van der Waals surface area contributed by atoms with Gasteiger partial charge in [-0.25, -0.2) is 0 Å². The van der Waals surface area contributed by atoms with Crippen LogP contribution in [0.2, 0.25) is 0 Å². The molecule has 1 aromatic rings. The van der Waals surface area contributed by atoms with Crippen LogP contribution in [-0.2, 0) is 6.54 Å². The third kappa shape index (κ3) is 1.51. The van der Waals surface area contributed by atoms with E-state index in [-0.39, 0.29) is 0 Å². The molecule has 0 saturated carbocycles. The average molecular weight is 146 g/mol. The first-order chi connectivity index (χ1) is 5.27. The van der Waals surface area contributed by atoms with E-state index in [9.17, 15) is 0 Å². The van der Waals surface area contributed by atoms with Gasteiger partial charge in [0.15, 0.2) is 0 Å². The van der Waals surface area contributed by atoms with E-state index in [2.05, 4.69) is 5.92 Å². The van der Waals surface area contributed by atoms with Crippen molar-refractivity contribution in [2.75, 3.05) is 5.73 Å². The van der Waals surface area contributed by atoms with Crippen molar-refractivity contribution in [3.63, 3.8) is 0 Å². The summed E-state index contributed by atoms with van der Waals surface area (Å²) in [5, 5.41) is 0. The molecule has 11 heavy (non-hydrogen) atoms.